The fraction of sp³-hybridized carbons (Fsp3) is 0.455. The molecule has 16 heavy (non-hydrogen) atoms. The van der Waals surface area contributed by atoms with Crippen molar-refractivity contribution in [3.8, 4) is 0 Å². The maximum atomic E-state index is 11.7. The summed E-state index contributed by atoms with van der Waals surface area (Å²) in [7, 11) is 1.83. The summed E-state index contributed by atoms with van der Waals surface area (Å²) in [6.45, 7) is 4.41. The lowest BCUT2D eigenvalue weighted by Crippen LogP contribution is -2.28. The van der Waals surface area contributed by atoms with Crippen molar-refractivity contribution in [2.75, 3.05) is 18.9 Å². The van der Waals surface area contributed by atoms with E-state index in [1.165, 1.54) is 0 Å². The van der Waals surface area contributed by atoms with Crippen LogP contribution in [0, 0.1) is 12.8 Å². The zero-order chi connectivity index (χ0) is 12.1. The van der Waals surface area contributed by atoms with Gasteiger partial charge in [-0.3, -0.25) is 4.79 Å². The molecule has 0 saturated heterocycles. The van der Waals surface area contributed by atoms with Crippen molar-refractivity contribution in [1.82, 2.24) is 10.3 Å². The Morgan fingerprint density at radius 3 is 2.81 bits per heavy atom. The van der Waals surface area contributed by atoms with Gasteiger partial charge in [-0.25, -0.2) is 4.98 Å². The van der Waals surface area contributed by atoms with E-state index in [-0.39, 0.29) is 11.8 Å². The number of halogens is 1. The van der Waals surface area contributed by atoms with Crippen molar-refractivity contribution < 1.29 is 4.79 Å². The number of rotatable bonds is 4. The van der Waals surface area contributed by atoms with E-state index in [0.29, 0.717) is 12.4 Å². The zero-order valence-electron chi connectivity index (χ0n) is 9.67. The molecule has 0 aliphatic rings. The molecule has 1 atom stereocenters. The quantitative estimate of drug-likeness (QED) is 0.889. The van der Waals surface area contributed by atoms with Crippen LogP contribution >= 0.6 is 15.9 Å². The minimum atomic E-state index is -0.0734. The van der Waals surface area contributed by atoms with E-state index in [0.717, 1.165) is 10.2 Å². The van der Waals surface area contributed by atoms with E-state index in [2.05, 4.69) is 31.5 Å². The summed E-state index contributed by atoms with van der Waals surface area (Å²) in [5, 5.41) is 5.75. The number of aromatic nitrogens is 1. The molecule has 1 heterocycles. The van der Waals surface area contributed by atoms with Gasteiger partial charge in [0, 0.05) is 16.9 Å². The Morgan fingerprint density at radius 2 is 2.25 bits per heavy atom. The van der Waals surface area contributed by atoms with Gasteiger partial charge in [0.1, 0.15) is 5.82 Å². The Morgan fingerprint density at radius 1 is 1.56 bits per heavy atom. The molecule has 0 aliphatic heterocycles. The maximum Gasteiger partial charge on any atom is 0.229 e. The van der Waals surface area contributed by atoms with Crippen molar-refractivity contribution >= 4 is 27.7 Å². The standard InChI is InChI=1S/C11H16BrN3O/c1-7(6-13-3)11(16)15-10-5-4-9(12)8(2)14-10/h4-5,7,13H,6H2,1-3H3,(H,14,15,16). The predicted molar refractivity (Wildman–Crippen MR) is 68.4 cm³/mol. The number of nitrogens with one attached hydrogen (secondary N) is 2. The molecule has 1 amide bonds. The first kappa shape index (κ1) is 13.1. The molecule has 0 aliphatic carbocycles. The summed E-state index contributed by atoms with van der Waals surface area (Å²) < 4.78 is 0.939. The van der Waals surface area contributed by atoms with E-state index in [1.807, 2.05) is 27.0 Å². The molecule has 1 aromatic rings. The average molecular weight is 286 g/mol. The smallest absolute Gasteiger partial charge is 0.229 e. The van der Waals surface area contributed by atoms with Crippen molar-refractivity contribution in [3.05, 3.63) is 22.3 Å². The molecule has 1 rings (SSSR count). The van der Waals surface area contributed by atoms with Crippen LogP contribution in [0.15, 0.2) is 16.6 Å². The van der Waals surface area contributed by atoms with Gasteiger partial charge in [0.05, 0.1) is 5.69 Å². The fourth-order valence-electron chi connectivity index (χ4n) is 1.26. The number of nitrogens with zero attached hydrogens (tertiary/aromatic N) is 1. The Balaban J connectivity index is 2.66. The first-order valence-electron chi connectivity index (χ1n) is 5.13. The van der Waals surface area contributed by atoms with Gasteiger partial charge < -0.3 is 10.6 Å². The van der Waals surface area contributed by atoms with E-state index >= 15 is 0 Å². The number of anilines is 1. The third-order valence-corrected chi connectivity index (χ3v) is 3.07. The fourth-order valence-corrected chi connectivity index (χ4v) is 1.48. The molecule has 5 heteroatoms. The molecular formula is C11H16BrN3O. The molecule has 4 nitrogen and oxygen atoms in total. The van der Waals surface area contributed by atoms with Crippen LogP contribution in [0.5, 0.6) is 0 Å². The Kier molecular flexibility index (Phi) is 4.89. The molecule has 0 fully saturated rings. The normalized spacial score (nSPS) is 12.2. The van der Waals surface area contributed by atoms with Gasteiger partial charge in [0.25, 0.3) is 0 Å². The molecule has 0 radical (unpaired) electrons. The molecular weight excluding hydrogens is 270 g/mol. The lowest BCUT2D eigenvalue weighted by atomic mass is 10.1. The predicted octanol–water partition coefficient (Wildman–Crippen LogP) is 1.95. The highest BCUT2D eigenvalue weighted by molar-refractivity contribution is 9.10. The monoisotopic (exact) mass is 285 g/mol. The second kappa shape index (κ2) is 5.96. The Hall–Kier alpha value is -0.940. The average Bonchev–Trinajstić information content (AvgIpc) is 2.24. The molecule has 0 saturated carbocycles. The highest BCUT2D eigenvalue weighted by atomic mass is 79.9. The highest BCUT2D eigenvalue weighted by Crippen LogP contribution is 2.16. The number of carbonyl (C=O) groups excluding carboxylic acids is 1. The van der Waals surface area contributed by atoms with Gasteiger partial charge in [-0.2, -0.15) is 0 Å². The van der Waals surface area contributed by atoms with Crippen LogP contribution < -0.4 is 10.6 Å². The van der Waals surface area contributed by atoms with E-state index in [4.69, 9.17) is 0 Å². The minimum Gasteiger partial charge on any atom is -0.319 e. The van der Waals surface area contributed by atoms with Crippen molar-refractivity contribution in [1.29, 1.82) is 0 Å². The molecule has 88 valence electrons. The van der Waals surface area contributed by atoms with Gasteiger partial charge in [-0.05, 0) is 42.0 Å². The van der Waals surface area contributed by atoms with E-state index < -0.39 is 0 Å². The first-order chi connectivity index (χ1) is 7.54. The molecule has 0 bridgehead atoms. The third kappa shape index (κ3) is 3.57. The van der Waals surface area contributed by atoms with E-state index in [1.54, 1.807) is 6.07 Å². The summed E-state index contributed by atoms with van der Waals surface area (Å²) in [5.74, 6) is 0.493. The number of hydrogen-bond donors (Lipinski definition) is 2. The van der Waals surface area contributed by atoms with Gasteiger partial charge in [0.15, 0.2) is 0 Å². The van der Waals surface area contributed by atoms with Crippen LogP contribution in [0.4, 0.5) is 5.82 Å². The van der Waals surface area contributed by atoms with E-state index in [9.17, 15) is 4.79 Å². The number of pyridine rings is 1. The van der Waals surface area contributed by atoms with Crippen LogP contribution in [0.25, 0.3) is 0 Å². The summed E-state index contributed by atoms with van der Waals surface area (Å²) in [4.78, 5) is 16.0. The summed E-state index contributed by atoms with van der Waals surface area (Å²) in [6.07, 6.45) is 0. The van der Waals surface area contributed by atoms with Crippen LogP contribution in [-0.2, 0) is 4.79 Å². The van der Waals surface area contributed by atoms with Crippen molar-refractivity contribution in [2.24, 2.45) is 5.92 Å². The van der Waals surface area contributed by atoms with Crippen LogP contribution in [0.2, 0.25) is 0 Å². The van der Waals surface area contributed by atoms with Gasteiger partial charge in [-0.15, -0.1) is 0 Å². The van der Waals surface area contributed by atoms with Gasteiger partial charge in [0.2, 0.25) is 5.91 Å². The molecule has 0 spiro atoms. The molecule has 2 N–H and O–H groups in total. The maximum absolute atomic E-state index is 11.7. The lowest BCUT2D eigenvalue weighted by molar-refractivity contribution is -0.119. The second-order valence-electron chi connectivity index (χ2n) is 3.71. The molecule has 1 unspecified atom stereocenters. The van der Waals surface area contributed by atoms with Crippen LogP contribution in [0.3, 0.4) is 0 Å². The zero-order valence-corrected chi connectivity index (χ0v) is 11.3. The summed E-state index contributed by atoms with van der Waals surface area (Å²) in [6, 6.07) is 3.65. The Bertz CT molecular complexity index is 381. The van der Waals surface area contributed by atoms with Crippen molar-refractivity contribution in [2.45, 2.75) is 13.8 Å². The minimum absolute atomic E-state index is 0.0245. The topological polar surface area (TPSA) is 54.0 Å². The van der Waals surface area contributed by atoms with Gasteiger partial charge >= 0.3 is 0 Å². The van der Waals surface area contributed by atoms with Crippen molar-refractivity contribution in [3.63, 3.8) is 0 Å². The highest BCUT2D eigenvalue weighted by Gasteiger charge is 2.12. The summed E-state index contributed by atoms with van der Waals surface area (Å²) in [5.41, 5.74) is 0.860. The number of aryl methyl sites for hydroxylation is 1. The largest absolute Gasteiger partial charge is 0.319 e. The van der Waals surface area contributed by atoms with Crippen LogP contribution in [-0.4, -0.2) is 24.5 Å². The molecule has 0 aromatic carbocycles. The number of carbonyl (C=O) groups is 1. The number of hydrogen-bond acceptors (Lipinski definition) is 3. The third-order valence-electron chi connectivity index (χ3n) is 2.23. The SMILES string of the molecule is CNCC(C)C(=O)Nc1ccc(Br)c(C)n1. The van der Waals surface area contributed by atoms with Crippen LogP contribution in [0.1, 0.15) is 12.6 Å². The molecule has 1 aromatic heterocycles. The summed E-state index contributed by atoms with van der Waals surface area (Å²) >= 11 is 3.36. The second-order valence-corrected chi connectivity index (χ2v) is 4.57. The number of amides is 1. The Labute approximate surface area is 104 Å². The van der Waals surface area contributed by atoms with Gasteiger partial charge in [-0.1, -0.05) is 6.92 Å². The first-order valence-corrected chi connectivity index (χ1v) is 5.92. The lowest BCUT2D eigenvalue weighted by Gasteiger charge is -2.11.